The summed E-state index contributed by atoms with van der Waals surface area (Å²) in [7, 11) is 0. The van der Waals surface area contributed by atoms with Crippen molar-refractivity contribution in [1.82, 2.24) is 29.9 Å². The number of hydrogen-bond donors (Lipinski definition) is 0. The van der Waals surface area contributed by atoms with Gasteiger partial charge in [0.05, 0.1) is 68.8 Å². The van der Waals surface area contributed by atoms with E-state index in [0.29, 0.717) is 0 Å². The molecular weight excluding hydrogens is 1430 g/mol. The number of benzene rings is 18. The zero-order chi connectivity index (χ0) is 78.3. The Kier molecular flexibility index (Phi) is 16.1. The van der Waals surface area contributed by atoms with Crippen molar-refractivity contribution in [3.8, 4) is 67.2 Å². The quantitative estimate of drug-likeness (QED) is 0.150. The SMILES string of the molecule is Cc1cc(C)c2oc3c(-c4cccc(-c5cnc6c7ccccc7c7ccccc7c6n5)c4)cc(C)cc3c2c1.Cc1ccc2oc3c(-c4cccc(-c5cnc6c7ccccc7c7ccccc7c6n5)c4)cc(C)cc3c2c1.Cc1cccc2c1oc1c(-c3cccc(-c4cnc5c6ccccc6c6ccccc6c5n4)c3)cccc12. The van der Waals surface area contributed by atoms with E-state index in [1.165, 1.54) is 60.0 Å². The van der Waals surface area contributed by atoms with Crippen LogP contribution < -0.4 is 0 Å². The Balaban J connectivity index is 0.000000106. The molecule has 552 valence electrons. The second-order valence-electron chi connectivity index (χ2n) is 31.1. The van der Waals surface area contributed by atoms with Crippen molar-refractivity contribution in [2.45, 2.75) is 41.5 Å². The highest BCUT2D eigenvalue weighted by molar-refractivity contribution is 6.26. The fourth-order valence-electron chi connectivity index (χ4n) is 18.1. The summed E-state index contributed by atoms with van der Waals surface area (Å²) in [5.74, 6) is 0. The summed E-state index contributed by atoms with van der Waals surface area (Å²) in [6.07, 6.45) is 5.70. The van der Waals surface area contributed by atoms with Crippen LogP contribution in [-0.2, 0) is 0 Å². The van der Waals surface area contributed by atoms with E-state index in [1.807, 2.05) is 18.6 Å². The molecule has 0 radical (unpaired) electrons. The van der Waals surface area contributed by atoms with E-state index in [9.17, 15) is 0 Å². The smallest absolute Gasteiger partial charge is 0.143 e. The highest BCUT2D eigenvalue weighted by Gasteiger charge is 2.22. The standard InChI is InChI=1S/C37H26N2O.C36H24N2O.C35H22N2O/c1-21-15-23(3)36-31(17-21)32-18-22(2)16-30(37(32)40-36)24-9-8-10-25(19-24)33-20-38-34-28-13-6-4-11-26(28)27-12-5-7-14-29(27)35(34)39-33;1-21-14-15-33-30(16-21)31-18-22(2)17-29(36(31)39-33)23-8-7-9-24(19-23)32-20-37-34-27-12-5-3-10-25(27)26-11-4-6-13-28(26)35(34)38-32;1-21-9-6-17-29-30-18-8-16-24(35(30)38-34(21)29)22-10-7-11-23(19-22)31-20-36-32-27-14-4-2-12-25(27)26-13-3-5-15-28(26)33(32)37-31/h4-20H,1-3H3;3-20H,1-2H3;2-20H,1H3. The first-order valence-corrected chi connectivity index (χ1v) is 39.7. The zero-order valence-corrected chi connectivity index (χ0v) is 65.1. The Morgan fingerprint density at radius 3 is 0.932 bits per heavy atom. The molecule has 0 aliphatic rings. The van der Waals surface area contributed by atoms with E-state index in [1.54, 1.807) is 0 Å². The van der Waals surface area contributed by atoms with Gasteiger partial charge in [-0.1, -0.05) is 254 Å². The largest absolute Gasteiger partial charge is 0.455 e. The normalized spacial score (nSPS) is 11.8. The Hall–Kier alpha value is -15.1. The van der Waals surface area contributed by atoms with Crippen LogP contribution in [0.5, 0.6) is 0 Å². The number of nitrogens with zero attached hydrogens (tertiary/aromatic N) is 6. The molecule has 0 bridgehead atoms. The van der Waals surface area contributed by atoms with Gasteiger partial charge in [0.1, 0.15) is 33.5 Å². The minimum atomic E-state index is 0.854. The summed E-state index contributed by atoms with van der Waals surface area (Å²) >= 11 is 0. The summed E-state index contributed by atoms with van der Waals surface area (Å²) in [5.41, 5.74) is 30.6. The maximum absolute atomic E-state index is 6.54. The number of rotatable bonds is 6. The van der Waals surface area contributed by atoms with Crippen LogP contribution in [0.25, 0.3) is 231 Å². The maximum atomic E-state index is 6.54. The van der Waals surface area contributed by atoms with Crippen molar-refractivity contribution < 1.29 is 13.3 Å². The molecule has 9 heteroatoms. The van der Waals surface area contributed by atoms with Crippen molar-refractivity contribution in [2.24, 2.45) is 0 Å². The number of fused-ring (bicyclic) bond motifs is 27. The molecule has 0 unspecified atom stereocenters. The molecule has 0 atom stereocenters. The van der Waals surface area contributed by atoms with Gasteiger partial charge in [0.25, 0.3) is 0 Å². The van der Waals surface area contributed by atoms with Gasteiger partial charge in [-0.25, -0.2) is 15.0 Å². The van der Waals surface area contributed by atoms with Crippen LogP contribution in [0, 0.1) is 41.5 Å². The number of aromatic nitrogens is 6. The third-order valence-electron chi connectivity index (χ3n) is 23.4. The van der Waals surface area contributed by atoms with Gasteiger partial charge < -0.3 is 13.3 Å². The topological polar surface area (TPSA) is 117 Å². The maximum Gasteiger partial charge on any atom is 0.143 e. The number of para-hydroxylation sites is 2. The summed E-state index contributed by atoms with van der Waals surface area (Å²) in [6.45, 7) is 12.8. The summed E-state index contributed by atoms with van der Waals surface area (Å²) in [5, 5.41) is 20.9. The molecule has 0 saturated carbocycles. The molecule has 6 aromatic heterocycles. The summed E-state index contributed by atoms with van der Waals surface area (Å²) in [4.78, 5) is 30.5. The molecule has 9 nitrogen and oxygen atoms in total. The fourth-order valence-corrected chi connectivity index (χ4v) is 18.1. The zero-order valence-electron chi connectivity index (χ0n) is 65.1. The average molecular weight is 1500 g/mol. The molecular formula is C108H72N6O3. The molecule has 0 aliphatic carbocycles. The van der Waals surface area contributed by atoms with Crippen LogP contribution in [0.4, 0.5) is 0 Å². The Labute approximate surface area is 672 Å². The minimum Gasteiger partial charge on any atom is -0.455 e. The van der Waals surface area contributed by atoms with E-state index in [0.717, 1.165) is 204 Å². The van der Waals surface area contributed by atoms with Crippen LogP contribution in [0.3, 0.4) is 0 Å². The highest BCUT2D eigenvalue weighted by Crippen LogP contribution is 2.45. The summed E-state index contributed by atoms with van der Waals surface area (Å²) < 4.78 is 19.4. The van der Waals surface area contributed by atoms with Crippen LogP contribution >= 0.6 is 0 Å². The van der Waals surface area contributed by atoms with Crippen LogP contribution in [0.15, 0.2) is 341 Å². The van der Waals surface area contributed by atoms with E-state index in [-0.39, 0.29) is 0 Å². The van der Waals surface area contributed by atoms with Gasteiger partial charge in [-0.3, -0.25) is 15.0 Å². The monoisotopic (exact) mass is 1500 g/mol. The number of furan rings is 3. The Morgan fingerprint density at radius 1 is 0.188 bits per heavy atom. The predicted molar refractivity (Wildman–Crippen MR) is 487 cm³/mol. The minimum absolute atomic E-state index is 0.854. The lowest BCUT2D eigenvalue weighted by molar-refractivity contribution is 0.666. The number of aryl methyl sites for hydroxylation is 6. The van der Waals surface area contributed by atoms with Crippen LogP contribution in [0.1, 0.15) is 33.4 Å². The van der Waals surface area contributed by atoms with Crippen molar-refractivity contribution in [3.05, 3.63) is 361 Å². The van der Waals surface area contributed by atoms with E-state index in [2.05, 4.69) is 351 Å². The molecule has 0 amide bonds. The number of hydrogen-bond acceptors (Lipinski definition) is 9. The predicted octanol–water partition coefficient (Wildman–Crippen LogP) is 29.4. The molecule has 24 rings (SSSR count). The first-order valence-electron chi connectivity index (χ1n) is 39.7. The van der Waals surface area contributed by atoms with E-state index in [4.69, 9.17) is 43.2 Å². The van der Waals surface area contributed by atoms with Gasteiger partial charge >= 0.3 is 0 Å². The van der Waals surface area contributed by atoms with Crippen molar-refractivity contribution in [2.75, 3.05) is 0 Å². The highest BCUT2D eigenvalue weighted by atomic mass is 16.3. The molecule has 0 saturated heterocycles. The lowest BCUT2D eigenvalue weighted by Gasteiger charge is -2.11. The molecule has 117 heavy (non-hydrogen) atoms. The van der Waals surface area contributed by atoms with Gasteiger partial charge in [0.15, 0.2) is 0 Å². The molecule has 0 spiro atoms. The van der Waals surface area contributed by atoms with Gasteiger partial charge in [-0.15, -0.1) is 0 Å². The van der Waals surface area contributed by atoms with Gasteiger partial charge in [-0.05, 0) is 179 Å². The van der Waals surface area contributed by atoms with Crippen molar-refractivity contribution >= 4 is 164 Å². The molecule has 24 aromatic rings. The molecule has 6 heterocycles. The molecule has 0 fully saturated rings. The first-order chi connectivity index (χ1) is 57.4. The van der Waals surface area contributed by atoms with E-state index >= 15 is 0 Å². The molecule has 0 N–H and O–H groups in total. The van der Waals surface area contributed by atoms with Crippen LogP contribution in [-0.4, -0.2) is 29.9 Å². The average Bonchev–Trinajstić information content (AvgIpc) is 1.70. The van der Waals surface area contributed by atoms with Crippen molar-refractivity contribution in [3.63, 3.8) is 0 Å². The Bertz CT molecular complexity index is 8210. The Morgan fingerprint density at radius 2 is 0.496 bits per heavy atom. The molecule has 18 aromatic carbocycles. The second kappa shape index (κ2) is 27.4. The fraction of sp³-hybridized carbons (Fsp3) is 0.0556. The summed E-state index contributed by atoms with van der Waals surface area (Å²) in [6, 6.07) is 109. The van der Waals surface area contributed by atoms with Gasteiger partial charge in [-0.2, -0.15) is 0 Å². The third-order valence-corrected chi connectivity index (χ3v) is 23.4. The second-order valence-corrected chi connectivity index (χ2v) is 31.1. The van der Waals surface area contributed by atoms with Gasteiger partial charge in [0.2, 0.25) is 0 Å². The van der Waals surface area contributed by atoms with E-state index < -0.39 is 0 Å². The lowest BCUT2D eigenvalue weighted by Crippen LogP contribution is -1.92. The lowest BCUT2D eigenvalue weighted by atomic mass is 9.97. The van der Waals surface area contributed by atoms with Gasteiger partial charge in [0, 0.05) is 98.0 Å². The van der Waals surface area contributed by atoms with Crippen molar-refractivity contribution in [1.29, 1.82) is 0 Å². The third kappa shape index (κ3) is 11.5. The molecule has 0 aliphatic heterocycles. The van der Waals surface area contributed by atoms with Crippen LogP contribution in [0.2, 0.25) is 0 Å². The first kappa shape index (κ1) is 68.7.